The molecule has 18 heavy (non-hydrogen) atoms. The Morgan fingerprint density at radius 3 is 1.00 bits per heavy atom. The van der Waals surface area contributed by atoms with E-state index in [4.69, 9.17) is 0 Å². The van der Waals surface area contributed by atoms with Crippen molar-refractivity contribution >= 4 is 0 Å². The Morgan fingerprint density at radius 2 is 0.833 bits per heavy atom. The molecule has 2 heteroatoms. The molecule has 0 aliphatic carbocycles. The summed E-state index contributed by atoms with van der Waals surface area (Å²) in [6.45, 7) is 21.6. The zero-order chi connectivity index (χ0) is 14.1. The molecule has 0 aromatic carbocycles. The average molecular weight is 250 g/mol. The third-order valence-corrected chi connectivity index (χ3v) is 3.46. The molecule has 0 saturated heterocycles. The van der Waals surface area contributed by atoms with Crippen molar-refractivity contribution in [2.24, 2.45) is 0 Å². The molecule has 0 bridgehead atoms. The van der Waals surface area contributed by atoms with Gasteiger partial charge in [-0.15, -0.1) is 0 Å². The molecule has 0 fully saturated rings. The van der Waals surface area contributed by atoms with E-state index in [0.29, 0.717) is 0 Å². The molecule has 0 aromatic rings. The highest BCUT2D eigenvalue weighted by atomic mass is 15.4. The standard InChI is InChI=1S/C16H30N2/c1-7-11-17(5,12-8-2)15-16-18(6,13-9-3)14-10-4/h7-10H,1-4,11-16H2,5-6H3/q+2. The van der Waals surface area contributed by atoms with E-state index in [1.165, 1.54) is 0 Å². The van der Waals surface area contributed by atoms with Crippen molar-refractivity contribution < 1.29 is 8.97 Å². The van der Waals surface area contributed by atoms with Crippen LogP contribution in [0.15, 0.2) is 50.6 Å². The first-order chi connectivity index (χ1) is 8.45. The first kappa shape index (κ1) is 16.9. The largest absolute Gasteiger partial charge is 0.315 e. The fourth-order valence-electron chi connectivity index (χ4n) is 2.24. The quantitative estimate of drug-likeness (QED) is 0.391. The zero-order valence-electron chi connectivity index (χ0n) is 12.3. The Morgan fingerprint density at radius 1 is 0.611 bits per heavy atom. The molecule has 102 valence electrons. The van der Waals surface area contributed by atoms with E-state index in [1.807, 2.05) is 24.3 Å². The van der Waals surface area contributed by atoms with Crippen LogP contribution in [0.25, 0.3) is 0 Å². The molecule has 0 N–H and O–H groups in total. The van der Waals surface area contributed by atoms with E-state index in [-0.39, 0.29) is 0 Å². The number of rotatable bonds is 11. The summed E-state index contributed by atoms with van der Waals surface area (Å²) < 4.78 is 1.93. The number of hydrogen-bond acceptors (Lipinski definition) is 0. The van der Waals surface area contributed by atoms with Crippen molar-refractivity contribution in [3.8, 4) is 0 Å². The SMILES string of the molecule is C=CC[N+](C)(CC=C)CC[N+](C)(CC=C)CC=C. The van der Waals surface area contributed by atoms with Gasteiger partial charge in [-0.2, -0.15) is 0 Å². The molecule has 2 nitrogen and oxygen atoms in total. The van der Waals surface area contributed by atoms with Crippen molar-refractivity contribution in [2.75, 3.05) is 53.4 Å². The average Bonchev–Trinajstić information content (AvgIpc) is 2.28. The van der Waals surface area contributed by atoms with E-state index in [0.717, 1.165) is 48.2 Å². The van der Waals surface area contributed by atoms with Gasteiger partial charge in [-0.05, 0) is 24.3 Å². The molecule has 0 heterocycles. The van der Waals surface area contributed by atoms with Gasteiger partial charge in [0.2, 0.25) is 0 Å². The number of likely N-dealkylation sites (N-methyl/N-ethyl adjacent to an activating group) is 2. The second-order valence-electron chi connectivity index (χ2n) is 5.57. The molecule has 0 saturated carbocycles. The van der Waals surface area contributed by atoms with Gasteiger partial charge in [-0.3, -0.25) is 0 Å². The maximum atomic E-state index is 3.86. The number of quaternary nitrogens is 2. The lowest BCUT2D eigenvalue weighted by molar-refractivity contribution is -0.953. The summed E-state index contributed by atoms with van der Waals surface area (Å²) in [7, 11) is 4.52. The van der Waals surface area contributed by atoms with Crippen LogP contribution in [-0.2, 0) is 0 Å². The van der Waals surface area contributed by atoms with E-state index in [1.54, 1.807) is 0 Å². The first-order valence-corrected chi connectivity index (χ1v) is 6.56. The van der Waals surface area contributed by atoms with Crippen LogP contribution < -0.4 is 0 Å². The lowest BCUT2D eigenvalue weighted by Crippen LogP contribution is -2.54. The van der Waals surface area contributed by atoms with Crippen LogP contribution in [0.4, 0.5) is 0 Å². The van der Waals surface area contributed by atoms with Crippen LogP contribution in [-0.4, -0.2) is 62.3 Å². The monoisotopic (exact) mass is 250 g/mol. The molecule has 0 rings (SSSR count). The minimum Gasteiger partial charge on any atom is -0.315 e. The van der Waals surface area contributed by atoms with Crippen LogP contribution in [0.5, 0.6) is 0 Å². The summed E-state index contributed by atoms with van der Waals surface area (Å²) >= 11 is 0. The van der Waals surface area contributed by atoms with Crippen LogP contribution in [0.1, 0.15) is 0 Å². The third kappa shape index (κ3) is 5.99. The molecular formula is C16H30N2+2. The summed E-state index contributed by atoms with van der Waals surface area (Å²) in [5, 5.41) is 0. The van der Waals surface area contributed by atoms with E-state index in [9.17, 15) is 0 Å². The van der Waals surface area contributed by atoms with Gasteiger partial charge in [0.25, 0.3) is 0 Å². The molecule has 0 aliphatic heterocycles. The fourth-order valence-corrected chi connectivity index (χ4v) is 2.24. The minimum atomic E-state index is 0.967. The number of nitrogens with zero attached hydrogens (tertiary/aromatic N) is 2. The molecule has 0 amide bonds. The topological polar surface area (TPSA) is 0 Å². The van der Waals surface area contributed by atoms with Crippen molar-refractivity contribution in [1.82, 2.24) is 0 Å². The van der Waals surface area contributed by atoms with Crippen molar-refractivity contribution in [3.05, 3.63) is 50.6 Å². The van der Waals surface area contributed by atoms with E-state index < -0.39 is 0 Å². The predicted molar refractivity (Wildman–Crippen MR) is 82.4 cm³/mol. The second kappa shape index (κ2) is 8.06. The van der Waals surface area contributed by atoms with Gasteiger partial charge < -0.3 is 8.97 Å². The van der Waals surface area contributed by atoms with E-state index >= 15 is 0 Å². The highest BCUT2D eigenvalue weighted by molar-refractivity contribution is 4.73. The third-order valence-electron chi connectivity index (χ3n) is 3.46. The molecule has 0 radical (unpaired) electrons. The summed E-state index contributed by atoms with van der Waals surface area (Å²) in [6.07, 6.45) is 7.98. The predicted octanol–water partition coefficient (Wildman–Crippen LogP) is 2.62. The Kier molecular flexibility index (Phi) is 7.56. The summed E-state index contributed by atoms with van der Waals surface area (Å²) in [6, 6.07) is 0. The van der Waals surface area contributed by atoms with Crippen LogP contribution in [0, 0.1) is 0 Å². The lowest BCUT2D eigenvalue weighted by atomic mass is 10.3. The molecule has 0 spiro atoms. The minimum absolute atomic E-state index is 0.967. The van der Waals surface area contributed by atoms with Gasteiger partial charge in [-0.1, -0.05) is 26.3 Å². The highest BCUT2D eigenvalue weighted by Gasteiger charge is 2.25. The molecule has 0 aromatic heterocycles. The highest BCUT2D eigenvalue weighted by Crippen LogP contribution is 2.09. The Balaban J connectivity index is 4.63. The van der Waals surface area contributed by atoms with Gasteiger partial charge in [0.15, 0.2) is 0 Å². The van der Waals surface area contributed by atoms with Crippen LogP contribution in [0.2, 0.25) is 0 Å². The summed E-state index contributed by atoms with van der Waals surface area (Å²) in [4.78, 5) is 0. The smallest absolute Gasteiger partial charge is 0.129 e. The summed E-state index contributed by atoms with van der Waals surface area (Å²) in [5.74, 6) is 0. The Labute approximate surface area is 113 Å². The van der Waals surface area contributed by atoms with Gasteiger partial charge in [-0.25, -0.2) is 0 Å². The number of hydrogen-bond donors (Lipinski definition) is 0. The summed E-state index contributed by atoms with van der Waals surface area (Å²) in [5.41, 5.74) is 0. The first-order valence-electron chi connectivity index (χ1n) is 6.56. The maximum Gasteiger partial charge on any atom is 0.129 e. The van der Waals surface area contributed by atoms with Crippen LogP contribution in [0.3, 0.4) is 0 Å². The Bertz CT molecular complexity index is 241. The molecular weight excluding hydrogens is 220 g/mol. The molecule has 0 aliphatic rings. The normalized spacial score (nSPS) is 11.9. The zero-order valence-corrected chi connectivity index (χ0v) is 12.3. The lowest BCUT2D eigenvalue weighted by Gasteiger charge is -2.38. The molecule has 0 atom stereocenters. The van der Waals surface area contributed by atoms with Crippen molar-refractivity contribution in [3.63, 3.8) is 0 Å². The maximum absolute atomic E-state index is 3.86. The van der Waals surface area contributed by atoms with Gasteiger partial charge in [0, 0.05) is 0 Å². The van der Waals surface area contributed by atoms with E-state index in [2.05, 4.69) is 40.4 Å². The molecule has 0 unspecified atom stereocenters. The Hall–Kier alpha value is -1.12. The van der Waals surface area contributed by atoms with Crippen molar-refractivity contribution in [2.45, 2.75) is 0 Å². The second-order valence-corrected chi connectivity index (χ2v) is 5.57. The van der Waals surface area contributed by atoms with Crippen molar-refractivity contribution in [1.29, 1.82) is 0 Å². The van der Waals surface area contributed by atoms with Gasteiger partial charge in [0.1, 0.15) is 13.1 Å². The van der Waals surface area contributed by atoms with Gasteiger partial charge >= 0.3 is 0 Å². The van der Waals surface area contributed by atoms with Crippen LogP contribution >= 0.6 is 0 Å². The fraction of sp³-hybridized carbons (Fsp3) is 0.500. The van der Waals surface area contributed by atoms with Gasteiger partial charge in [0.05, 0.1) is 40.3 Å².